The second-order valence-electron chi connectivity index (χ2n) is 18.7. The van der Waals surface area contributed by atoms with Crippen LogP contribution in [-0.4, -0.2) is 103 Å². The molecule has 0 bridgehead atoms. The number of fused-ring (bicyclic) bond motifs is 2. The minimum atomic E-state index is -4.34. The fraction of sp³-hybridized carbons (Fsp3) is 0.273. The molecule has 2 aromatic heterocycles. The van der Waals surface area contributed by atoms with Gasteiger partial charge >= 0.3 is 23.6 Å². The second kappa shape index (κ2) is 22.3. The van der Waals surface area contributed by atoms with Gasteiger partial charge in [0.2, 0.25) is 0 Å². The number of para-hydroxylation sites is 4. The van der Waals surface area contributed by atoms with E-state index in [1.54, 1.807) is 66.7 Å². The average molecular weight is 1060 g/mol. The van der Waals surface area contributed by atoms with Crippen molar-refractivity contribution in [2.24, 2.45) is 0 Å². The van der Waals surface area contributed by atoms with Crippen molar-refractivity contribution in [2.75, 3.05) is 26.2 Å². The van der Waals surface area contributed by atoms with Crippen LogP contribution in [0.5, 0.6) is 0 Å². The number of rotatable bonds is 14. The summed E-state index contributed by atoms with van der Waals surface area (Å²) in [5.41, 5.74) is 2.56. The van der Waals surface area contributed by atoms with Gasteiger partial charge in [0, 0.05) is 50.8 Å². The molecule has 4 heterocycles. The molecule has 17 nitrogen and oxygen atoms in total. The Morgan fingerprint density at radius 1 is 0.533 bits per heavy atom. The predicted molar refractivity (Wildman–Crippen MR) is 281 cm³/mol. The molecule has 0 radical (unpaired) electrons. The summed E-state index contributed by atoms with van der Waals surface area (Å²) in [6.45, 7) is 3.08. The van der Waals surface area contributed by atoms with Crippen LogP contribution in [0.15, 0.2) is 183 Å². The SMILES string of the molecule is O=C(O)N1CCC(n2c(=O)n(S(=O)(=O)c3ccc(F)cc3)c3ccccc32)C[C@@H]1CCCN(Cc1ccccc1)Cc1ccccc1.O=C(O)N1CCC(n2c(=O)n(S(=O)(=O)c3ccccc3)c3ccccc32)CC1. The third-order valence-electron chi connectivity index (χ3n) is 14.0. The molecule has 2 atom stereocenters. The van der Waals surface area contributed by atoms with Crippen molar-refractivity contribution in [1.82, 2.24) is 31.8 Å². The maximum absolute atomic E-state index is 14.0. The Balaban J connectivity index is 0.000000209. The number of benzene rings is 6. The molecule has 390 valence electrons. The molecule has 20 heteroatoms. The molecule has 2 aliphatic rings. The normalized spacial score (nSPS) is 16.5. The highest BCUT2D eigenvalue weighted by Gasteiger charge is 2.36. The first-order chi connectivity index (χ1) is 36.1. The van der Waals surface area contributed by atoms with E-state index in [2.05, 4.69) is 29.2 Å². The Hall–Kier alpha value is -7.81. The molecule has 0 saturated carbocycles. The molecule has 2 aliphatic heterocycles. The summed E-state index contributed by atoms with van der Waals surface area (Å²) in [4.78, 5) is 55.6. The van der Waals surface area contributed by atoms with Crippen LogP contribution in [0.3, 0.4) is 0 Å². The van der Waals surface area contributed by atoms with Crippen LogP contribution in [0, 0.1) is 5.82 Å². The van der Waals surface area contributed by atoms with E-state index in [-0.39, 0.29) is 33.9 Å². The summed E-state index contributed by atoms with van der Waals surface area (Å²) >= 11 is 0. The highest BCUT2D eigenvalue weighted by Crippen LogP contribution is 2.33. The van der Waals surface area contributed by atoms with Crippen molar-refractivity contribution >= 4 is 54.3 Å². The number of aromatic nitrogens is 4. The minimum Gasteiger partial charge on any atom is -0.465 e. The Labute approximate surface area is 432 Å². The summed E-state index contributed by atoms with van der Waals surface area (Å²) in [6, 6.07) is 45.1. The van der Waals surface area contributed by atoms with Gasteiger partial charge in [-0.1, -0.05) is 103 Å². The molecular formula is C55H56FN7O10S2. The van der Waals surface area contributed by atoms with Gasteiger partial charge in [0.05, 0.1) is 31.9 Å². The van der Waals surface area contributed by atoms with Crippen molar-refractivity contribution in [3.05, 3.63) is 202 Å². The molecule has 10 rings (SSSR count). The van der Waals surface area contributed by atoms with E-state index < -0.39 is 55.5 Å². The van der Waals surface area contributed by atoms with Gasteiger partial charge in [0.25, 0.3) is 20.0 Å². The molecule has 6 aromatic carbocycles. The number of hydrogen-bond donors (Lipinski definition) is 2. The number of halogens is 1. The maximum atomic E-state index is 14.0. The molecule has 0 aliphatic carbocycles. The summed E-state index contributed by atoms with van der Waals surface area (Å²) in [5, 5.41) is 19.2. The first kappa shape index (κ1) is 52.1. The van der Waals surface area contributed by atoms with Gasteiger partial charge in [0.1, 0.15) is 5.82 Å². The first-order valence-corrected chi connectivity index (χ1v) is 27.5. The highest BCUT2D eigenvalue weighted by molar-refractivity contribution is 7.90. The topological polar surface area (TPSA) is 206 Å². The van der Waals surface area contributed by atoms with E-state index in [1.807, 2.05) is 36.4 Å². The van der Waals surface area contributed by atoms with Crippen LogP contribution in [0.25, 0.3) is 22.1 Å². The Morgan fingerprint density at radius 3 is 1.44 bits per heavy atom. The van der Waals surface area contributed by atoms with Crippen LogP contribution in [0.2, 0.25) is 0 Å². The summed E-state index contributed by atoms with van der Waals surface area (Å²) in [7, 11) is -8.40. The van der Waals surface area contributed by atoms with E-state index in [0.717, 1.165) is 58.3 Å². The lowest BCUT2D eigenvalue weighted by molar-refractivity contribution is 0.0853. The third-order valence-corrected chi connectivity index (χ3v) is 17.4. The molecule has 8 aromatic rings. The van der Waals surface area contributed by atoms with Crippen molar-refractivity contribution in [3.8, 4) is 0 Å². The van der Waals surface area contributed by atoms with Gasteiger partial charge in [-0.15, -0.1) is 0 Å². The van der Waals surface area contributed by atoms with E-state index in [9.17, 15) is 45.5 Å². The largest absolute Gasteiger partial charge is 0.465 e. The lowest BCUT2D eigenvalue weighted by Crippen LogP contribution is -2.47. The van der Waals surface area contributed by atoms with Gasteiger partial charge in [-0.05, 0) is 117 Å². The zero-order valence-electron chi connectivity index (χ0n) is 40.8. The zero-order valence-corrected chi connectivity index (χ0v) is 42.4. The number of hydrogen-bond acceptors (Lipinski definition) is 9. The van der Waals surface area contributed by atoms with Crippen molar-refractivity contribution in [1.29, 1.82) is 0 Å². The lowest BCUT2D eigenvalue weighted by Gasteiger charge is -2.38. The predicted octanol–water partition coefficient (Wildman–Crippen LogP) is 8.70. The zero-order chi connectivity index (χ0) is 52.9. The number of carbonyl (C=O) groups is 2. The van der Waals surface area contributed by atoms with Crippen LogP contribution in [0.4, 0.5) is 14.0 Å². The van der Waals surface area contributed by atoms with E-state index in [1.165, 1.54) is 42.2 Å². The van der Waals surface area contributed by atoms with Gasteiger partial charge in [0.15, 0.2) is 0 Å². The Bertz CT molecular complexity index is 3610. The number of carboxylic acid groups (broad SMARTS) is 2. The summed E-state index contributed by atoms with van der Waals surface area (Å²) in [5.74, 6) is -0.585. The van der Waals surface area contributed by atoms with Crippen LogP contribution in [0.1, 0.15) is 61.7 Å². The van der Waals surface area contributed by atoms with Crippen LogP contribution >= 0.6 is 0 Å². The summed E-state index contributed by atoms with van der Waals surface area (Å²) < 4.78 is 71.9. The molecule has 2 fully saturated rings. The minimum absolute atomic E-state index is 0.0423. The standard InChI is InChI=1S/C36H37FN4O5S.C19H19N3O5S/c37-29-17-19-32(20-18-29)47(45,46)41-34-16-8-7-15-33(34)40(35(41)42)31-21-23-39(36(43)44)30(24-31)14-9-22-38(25-27-10-3-1-4-11-27)26-28-12-5-2-6-13-28;23-18-21(14-10-12-20(13-11-14)19(24)25)16-8-4-5-9-17(16)22(18)28(26,27)15-6-2-1-3-7-15/h1-8,10-13,15-20,30-31H,9,14,21-26H2,(H,43,44);1-9,14H,10-13H2,(H,24,25)/t30-,31?;/m0./s1. The molecular weight excluding hydrogens is 1000 g/mol. The van der Waals surface area contributed by atoms with Crippen molar-refractivity contribution in [2.45, 2.75) is 79.5 Å². The van der Waals surface area contributed by atoms with Gasteiger partial charge in [-0.2, -0.15) is 7.94 Å². The second-order valence-corrected chi connectivity index (χ2v) is 22.3. The highest BCUT2D eigenvalue weighted by atomic mass is 32.2. The molecule has 75 heavy (non-hydrogen) atoms. The number of nitrogens with zero attached hydrogens (tertiary/aromatic N) is 7. The van der Waals surface area contributed by atoms with E-state index in [0.29, 0.717) is 61.7 Å². The Morgan fingerprint density at radius 2 is 0.960 bits per heavy atom. The molecule has 2 amide bonds. The number of piperidine rings is 2. The fourth-order valence-corrected chi connectivity index (χ4v) is 13.2. The lowest BCUT2D eigenvalue weighted by atomic mass is 9.93. The van der Waals surface area contributed by atoms with Crippen LogP contribution in [-0.2, 0) is 33.1 Å². The van der Waals surface area contributed by atoms with E-state index in [4.69, 9.17) is 5.11 Å². The van der Waals surface area contributed by atoms with Crippen molar-refractivity contribution in [3.63, 3.8) is 0 Å². The van der Waals surface area contributed by atoms with E-state index >= 15 is 0 Å². The molecule has 2 saturated heterocycles. The van der Waals surface area contributed by atoms with Gasteiger partial charge in [-0.3, -0.25) is 14.0 Å². The van der Waals surface area contributed by atoms with Crippen molar-refractivity contribution < 1.29 is 41.0 Å². The fourth-order valence-electron chi connectivity index (χ4n) is 10.4. The number of amides is 2. The average Bonchev–Trinajstić information content (AvgIpc) is 3.90. The number of imidazole rings is 2. The third kappa shape index (κ3) is 11.0. The molecule has 1 unspecified atom stereocenters. The quantitative estimate of drug-likeness (QED) is 0.105. The molecule has 2 N–H and O–H groups in total. The van der Waals surface area contributed by atoms with Crippen LogP contribution < -0.4 is 11.4 Å². The first-order valence-electron chi connectivity index (χ1n) is 24.7. The maximum Gasteiger partial charge on any atom is 0.407 e. The summed E-state index contributed by atoms with van der Waals surface area (Å²) in [6.07, 6.45) is 0.959. The monoisotopic (exact) mass is 1060 g/mol. The van der Waals surface area contributed by atoms with Gasteiger partial charge < -0.3 is 20.0 Å². The number of likely N-dealkylation sites (tertiary alicyclic amines) is 2. The Kier molecular flexibility index (Phi) is 15.5. The smallest absolute Gasteiger partial charge is 0.407 e. The van der Waals surface area contributed by atoms with Gasteiger partial charge in [-0.25, -0.2) is 40.4 Å². The molecule has 0 spiro atoms.